The summed E-state index contributed by atoms with van der Waals surface area (Å²) < 4.78 is 0. The van der Waals surface area contributed by atoms with Gasteiger partial charge in [0.25, 0.3) is 5.91 Å². The van der Waals surface area contributed by atoms with Gasteiger partial charge in [-0.05, 0) is 25.2 Å². The monoisotopic (exact) mass is 296 g/mol. The first-order valence-corrected chi connectivity index (χ1v) is 8.06. The quantitative estimate of drug-likeness (QED) is 0.798. The predicted octanol–water partition coefficient (Wildman–Crippen LogP) is 2.86. The van der Waals surface area contributed by atoms with Crippen LogP contribution in [0.25, 0.3) is 0 Å². The second-order valence-electron chi connectivity index (χ2n) is 6.02. The normalized spacial score (nSPS) is 21.4. The van der Waals surface area contributed by atoms with Crippen LogP contribution in [0.4, 0.5) is 10.9 Å². The number of rotatable bonds is 4. The number of hydrogen-bond acceptors (Lipinski definition) is 5. The van der Waals surface area contributed by atoms with E-state index in [0.29, 0.717) is 15.8 Å². The average Bonchev–Trinajstić information content (AvgIpc) is 2.73. The topological polar surface area (TPSA) is 80.0 Å². The molecule has 112 valence electrons. The third kappa shape index (κ3) is 3.23. The van der Waals surface area contributed by atoms with Gasteiger partial charge in [0.1, 0.15) is 10.7 Å². The average molecular weight is 296 g/mol. The van der Waals surface area contributed by atoms with Crippen molar-refractivity contribution in [2.45, 2.75) is 52.5 Å². The van der Waals surface area contributed by atoms with Crippen molar-refractivity contribution in [1.82, 2.24) is 10.3 Å². The van der Waals surface area contributed by atoms with Gasteiger partial charge in [0, 0.05) is 12.6 Å². The predicted molar refractivity (Wildman–Crippen MR) is 84.2 cm³/mol. The Morgan fingerprint density at radius 1 is 1.50 bits per heavy atom. The van der Waals surface area contributed by atoms with E-state index < -0.39 is 0 Å². The number of nitrogens with one attached hydrogen (secondary N) is 2. The Hall–Kier alpha value is -1.30. The van der Waals surface area contributed by atoms with Gasteiger partial charge in [-0.1, -0.05) is 38.0 Å². The van der Waals surface area contributed by atoms with Crippen molar-refractivity contribution in [2.24, 2.45) is 5.41 Å². The van der Waals surface area contributed by atoms with Gasteiger partial charge in [-0.15, -0.1) is 0 Å². The first-order chi connectivity index (χ1) is 9.44. The van der Waals surface area contributed by atoms with Crippen molar-refractivity contribution in [1.29, 1.82) is 0 Å². The fourth-order valence-corrected chi connectivity index (χ4v) is 3.56. The van der Waals surface area contributed by atoms with Gasteiger partial charge < -0.3 is 16.4 Å². The molecule has 1 aromatic rings. The van der Waals surface area contributed by atoms with Crippen LogP contribution in [0.15, 0.2) is 0 Å². The van der Waals surface area contributed by atoms with Gasteiger partial charge >= 0.3 is 0 Å². The summed E-state index contributed by atoms with van der Waals surface area (Å²) in [4.78, 5) is 17.1. The van der Waals surface area contributed by atoms with E-state index in [2.05, 4.69) is 29.5 Å². The molecule has 20 heavy (non-hydrogen) atoms. The van der Waals surface area contributed by atoms with Crippen LogP contribution in [0.5, 0.6) is 0 Å². The Morgan fingerprint density at radius 2 is 2.25 bits per heavy atom. The minimum Gasteiger partial charge on any atom is -0.382 e. The molecular formula is C14H24N4OS. The third-order valence-electron chi connectivity index (χ3n) is 4.00. The number of nitrogens with two attached hydrogens (primary N) is 1. The summed E-state index contributed by atoms with van der Waals surface area (Å²) in [5.74, 6) is 0.223. The largest absolute Gasteiger partial charge is 0.382 e. The van der Waals surface area contributed by atoms with Crippen molar-refractivity contribution in [3.63, 3.8) is 0 Å². The van der Waals surface area contributed by atoms with Crippen LogP contribution in [0.1, 0.15) is 56.1 Å². The highest BCUT2D eigenvalue weighted by atomic mass is 32.1. The number of carbonyl (C=O) groups is 1. The molecule has 1 unspecified atom stereocenters. The Kier molecular flexibility index (Phi) is 4.52. The lowest BCUT2D eigenvalue weighted by Gasteiger charge is -2.38. The molecule has 4 N–H and O–H groups in total. The number of nitrogens with zero attached hydrogens (tertiary/aromatic N) is 1. The number of nitrogen functional groups attached to an aromatic ring is 1. The molecule has 5 nitrogen and oxygen atoms in total. The van der Waals surface area contributed by atoms with E-state index in [4.69, 9.17) is 5.73 Å². The molecule has 1 saturated carbocycles. The zero-order valence-electron chi connectivity index (χ0n) is 12.5. The molecule has 0 aliphatic heterocycles. The highest BCUT2D eigenvalue weighted by Gasteiger charge is 2.34. The van der Waals surface area contributed by atoms with Crippen LogP contribution in [0.3, 0.4) is 0 Å². The Balaban J connectivity index is 2.07. The molecule has 1 fully saturated rings. The standard InChI is InChI=1S/C14H24N4OS/c1-4-16-13-18-11(15)10(20-13)12(19)17-9-7-5-6-8-14(9,2)3/h9H,4-8,15H2,1-3H3,(H,16,18)(H,17,19). The highest BCUT2D eigenvalue weighted by molar-refractivity contribution is 7.18. The summed E-state index contributed by atoms with van der Waals surface area (Å²) in [7, 11) is 0. The lowest BCUT2D eigenvalue weighted by Crippen LogP contribution is -2.46. The van der Waals surface area contributed by atoms with E-state index >= 15 is 0 Å². The van der Waals surface area contributed by atoms with E-state index in [9.17, 15) is 4.79 Å². The highest BCUT2D eigenvalue weighted by Crippen LogP contribution is 2.36. The molecule has 0 radical (unpaired) electrons. The zero-order chi connectivity index (χ0) is 14.8. The Labute approximate surface area is 124 Å². The molecular weight excluding hydrogens is 272 g/mol. The smallest absolute Gasteiger partial charge is 0.265 e. The van der Waals surface area contributed by atoms with E-state index in [1.54, 1.807) is 0 Å². The lowest BCUT2D eigenvalue weighted by molar-refractivity contribution is 0.0858. The molecule has 1 aliphatic carbocycles. The minimum absolute atomic E-state index is 0.0934. The Bertz CT molecular complexity index is 484. The number of thiazole rings is 1. The zero-order valence-corrected chi connectivity index (χ0v) is 13.3. The fraction of sp³-hybridized carbons (Fsp3) is 0.714. The molecule has 1 heterocycles. The molecule has 6 heteroatoms. The molecule has 1 aromatic heterocycles. The number of aromatic nitrogens is 1. The van der Waals surface area contributed by atoms with Gasteiger partial charge in [-0.3, -0.25) is 4.79 Å². The molecule has 1 atom stereocenters. The molecule has 0 bridgehead atoms. The minimum atomic E-state index is -0.0934. The third-order valence-corrected chi connectivity index (χ3v) is 5.03. The lowest BCUT2D eigenvalue weighted by atomic mass is 9.73. The van der Waals surface area contributed by atoms with Gasteiger partial charge in [0.2, 0.25) is 0 Å². The molecule has 0 aromatic carbocycles. The van der Waals surface area contributed by atoms with Crippen LogP contribution >= 0.6 is 11.3 Å². The number of anilines is 2. The number of carbonyl (C=O) groups excluding carboxylic acids is 1. The van der Waals surface area contributed by atoms with E-state index in [0.717, 1.165) is 19.4 Å². The first kappa shape index (κ1) is 15.1. The van der Waals surface area contributed by atoms with Crippen LogP contribution in [-0.2, 0) is 0 Å². The van der Waals surface area contributed by atoms with Crippen molar-refractivity contribution < 1.29 is 4.79 Å². The van der Waals surface area contributed by atoms with Gasteiger partial charge in [-0.25, -0.2) is 4.98 Å². The van der Waals surface area contributed by atoms with E-state index in [1.807, 2.05) is 6.92 Å². The van der Waals surface area contributed by atoms with Crippen molar-refractivity contribution >= 4 is 28.2 Å². The molecule has 2 rings (SSSR count). The summed E-state index contributed by atoms with van der Waals surface area (Å²) >= 11 is 1.32. The number of hydrogen-bond donors (Lipinski definition) is 3. The molecule has 0 saturated heterocycles. The second-order valence-corrected chi connectivity index (χ2v) is 7.02. The summed E-state index contributed by atoms with van der Waals surface area (Å²) in [5.41, 5.74) is 5.99. The summed E-state index contributed by atoms with van der Waals surface area (Å²) in [6.45, 7) is 7.19. The summed E-state index contributed by atoms with van der Waals surface area (Å²) in [6.07, 6.45) is 4.61. The van der Waals surface area contributed by atoms with Crippen LogP contribution in [-0.4, -0.2) is 23.5 Å². The second kappa shape index (κ2) is 5.99. The maximum atomic E-state index is 12.4. The van der Waals surface area contributed by atoms with Crippen molar-refractivity contribution in [3.05, 3.63) is 4.88 Å². The molecule has 1 amide bonds. The summed E-state index contributed by atoms with van der Waals surface area (Å²) in [5, 5.41) is 6.94. The van der Waals surface area contributed by atoms with E-state index in [-0.39, 0.29) is 17.4 Å². The van der Waals surface area contributed by atoms with Crippen molar-refractivity contribution in [3.8, 4) is 0 Å². The fourth-order valence-electron chi connectivity index (χ4n) is 2.71. The van der Waals surface area contributed by atoms with Crippen LogP contribution in [0, 0.1) is 5.41 Å². The van der Waals surface area contributed by atoms with Crippen LogP contribution < -0.4 is 16.4 Å². The Morgan fingerprint density at radius 3 is 2.90 bits per heavy atom. The van der Waals surface area contributed by atoms with Gasteiger partial charge in [0.05, 0.1) is 0 Å². The van der Waals surface area contributed by atoms with Crippen LogP contribution in [0.2, 0.25) is 0 Å². The summed E-state index contributed by atoms with van der Waals surface area (Å²) in [6, 6.07) is 0.216. The first-order valence-electron chi connectivity index (χ1n) is 7.25. The van der Waals surface area contributed by atoms with Gasteiger partial charge in [0.15, 0.2) is 5.13 Å². The van der Waals surface area contributed by atoms with Crippen molar-refractivity contribution in [2.75, 3.05) is 17.6 Å². The number of amides is 1. The maximum absolute atomic E-state index is 12.4. The maximum Gasteiger partial charge on any atom is 0.265 e. The van der Waals surface area contributed by atoms with Gasteiger partial charge in [-0.2, -0.15) is 0 Å². The molecule has 0 spiro atoms. The molecule has 1 aliphatic rings. The SMILES string of the molecule is CCNc1nc(N)c(C(=O)NC2CCCCC2(C)C)s1. The van der Waals surface area contributed by atoms with E-state index in [1.165, 1.54) is 24.2 Å².